The summed E-state index contributed by atoms with van der Waals surface area (Å²) in [6.45, 7) is 3.37. The molecule has 4 rings (SSSR count). The Hall–Kier alpha value is -3.12. The summed E-state index contributed by atoms with van der Waals surface area (Å²) in [6.07, 6.45) is 3.58. The molecule has 4 aromatic rings. The molecule has 0 aliphatic carbocycles. The summed E-state index contributed by atoms with van der Waals surface area (Å²) in [4.78, 5) is 4.23. The van der Waals surface area contributed by atoms with Gasteiger partial charge in [0.2, 0.25) is 0 Å². The van der Waals surface area contributed by atoms with Crippen molar-refractivity contribution in [2.24, 2.45) is 0 Å². The number of thioether (sulfide) groups is 1. The monoisotopic (exact) mass is 402 g/mol. The minimum Gasteiger partial charge on any atom is -0.492 e. The van der Waals surface area contributed by atoms with Crippen LogP contribution in [-0.2, 0) is 6.54 Å². The molecule has 0 fully saturated rings. The minimum atomic E-state index is 0.607. The molecule has 0 atom stereocenters. The second-order valence-corrected chi connectivity index (χ2v) is 7.64. The van der Waals surface area contributed by atoms with Gasteiger partial charge in [-0.3, -0.25) is 9.55 Å². The molecule has 0 unspecified atom stereocenters. The van der Waals surface area contributed by atoms with E-state index in [1.165, 1.54) is 5.56 Å². The average Bonchev–Trinajstić information content (AvgIpc) is 3.16. The number of para-hydroxylation sites is 1. The molecule has 2 aromatic carbocycles. The summed E-state index contributed by atoms with van der Waals surface area (Å²) in [5.41, 5.74) is 3.30. The van der Waals surface area contributed by atoms with Gasteiger partial charge in [-0.05, 0) is 36.2 Å². The van der Waals surface area contributed by atoms with Crippen LogP contribution in [0.3, 0.4) is 0 Å². The standard InChI is InChI=1S/C23H22N4OS/c1-18-8-5-6-12-21(18)28-14-15-29-23-26-25-22(20-11-7-13-24-16-20)27(23)17-19-9-3-2-4-10-19/h2-13,16H,14-15,17H2,1H3. The fraction of sp³-hybridized carbons (Fsp3) is 0.174. The van der Waals surface area contributed by atoms with Crippen LogP contribution in [0, 0.1) is 6.92 Å². The van der Waals surface area contributed by atoms with Crippen molar-refractivity contribution in [2.75, 3.05) is 12.4 Å². The number of aryl methyl sites for hydroxylation is 1. The number of ether oxygens (including phenoxy) is 1. The Labute approximate surface area is 174 Å². The highest BCUT2D eigenvalue weighted by Crippen LogP contribution is 2.25. The highest BCUT2D eigenvalue weighted by Gasteiger charge is 2.15. The molecule has 0 N–H and O–H groups in total. The number of pyridine rings is 1. The number of aromatic nitrogens is 4. The van der Waals surface area contributed by atoms with Crippen molar-refractivity contribution in [1.82, 2.24) is 19.7 Å². The van der Waals surface area contributed by atoms with Crippen LogP contribution in [0.4, 0.5) is 0 Å². The first kappa shape index (κ1) is 19.2. The lowest BCUT2D eigenvalue weighted by Crippen LogP contribution is -2.06. The summed E-state index contributed by atoms with van der Waals surface area (Å²) < 4.78 is 8.06. The number of hydrogen-bond donors (Lipinski definition) is 0. The van der Waals surface area contributed by atoms with E-state index < -0.39 is 0 Å². The van der Waals surface area contributed by atoms with Gasteiger partial charge in [0.05, 0.1) is 13.2 Å². The molecule has 2 aromatic heterocycles. The zero-order valence-electron chi connectivity index (χ0n) is 16.2. The Morgan fingerprint density at radius 1 is 0.931 bits per heavy atom. The molecule has 0 bridgehead atoms. The minimum absolute atomic E-state index is 0.607. The second kappa shape index (κ2) is 9.39. The van der Waals surface area contributed by atoms with Crippen LogP contribution >= 0.6 is 11.8 Å². The summed E-state index contributed by atoms with van der Waals surface area (Å²) >= 11 is 1.65. The zero-order valence-corrected chi connectivity index (χ0v) is 17.0. The van der Waals surface area contributed by atoms with Gasteiger partial charge >= 0.3 is 0 Å². The van der Waals surface area contributed by atoms with Gasteiger partial charge in [-0.2, -0.15) is 0 Å². The molecule has 146 valence electrons. The van der Waals surface area contributed by atoms with Crippen molar-refractivity contribution < 1.29 is 4.74 Å². The van der Waals surface area contributed by atoms with E-state index in [0.29, 0.717) is 13.2 Å². The lowest BCUT2D eigenvalue weighted by Gasteiger charge is -2.11. The molecule has 0 amide bonds. The summed E-state index contributed by atoms with van der Waals surface area (Å²) in [6, 6.07) is 22.3. The van der Waals surface area contributed by atoms with Gasteiger partial charge in [0, 0.05) is 23.7 Å². The molecule has 6 heteroatoms. The van der Waals surface area contributed by atoms with Gasteiger partial charge < -0.3 is 4.74 Å². The Kier molecular flexibility index (Phi) is 6.22. The molecule has 0 saturated carbocycles. The third-order valence-corrected chi connectivity index (χ3v) is 5.42. The number of hydrogen-bond acceptors (Lipinski definition) is 5. The van der Waals surface area contributed by atoms with Crippen molar-refractivity contribution in [2.45, 2.75) is 18.6 Å². The topological polar surface area (TPSA) is 52.8 Å². The van der Waals surface area contributed by atoms with Crippen LogP contribution in [0.2, 0.25) is 0 Å². The maximum atomic E-state index is 5.92. The summed E-state index contributed by atoms with van der Waals surface area (Å²) in [5, 5.41) is 9.76. The third-order valence-electron chi connectivity index (χ3n) is 4.49. The van der Waals surface area contributed by atoms with E-state index in [9.17, 15) is 0 Å². The number of rotatable bonds is 8. The van der Waals surface area contributed by atoms with Gasteiger partial charge in [0.15, 0.2) is 11.0 Å². The predicted molar refractivity (Wildman–Crippen MR) is 116 cm³/mol. The quantitative estimate of drug-likeness (QED) is 0.311. The Morgan fingerprint density at radius 3 is 2.55 bits per heavy atom. The summed E-state index contributed by atoms with van der Waals surface area (Å²) in [5.74, 6) is 2.54. The zero-order chi connectivity index (χ0) is 19.9. The van der Waals surface area contributed by atoms with Gasteiger partial charge in [0.1, 0.15) is 5.75 Å². The maximum Gasteiger partial charge on any atom is 0.191 e. The number of benzene rings is 2. The van der Waals surface area contributed by atoms with Crippen LogP contribution in [0.25, 0.3) is 11.4 Å². The molecule has 0 aliphatic rings. The molecule has 0 aliphatic heterocycles. The fourth-order valence-electron chi connectivity index (χ4n) is 3.02. The fourth-order valence-corrected chi connectivity index (χ4v) is 3.77. The second-order valence-electron chi connectivity index (χ2n) is 6.58. The first-order valence-corrected chi connectivity index (χ1v) is 10.5. The van der Waals surface area contributed by atoms with Crippen LogP contribution in [-0.4, -0.2) is 32.1 Å². The van der Waals surface area contributed by atoms with Crippen molar-refractivity contribution in [1.29, 1.82) is 0 Å². The van der Waals surface area contributed by atoms with E-state index in [1.807, 2.05) is 54.7 Å². The molecule has 29 heavy (non-hydrogen) atoms. The van der Waals surface area contributed by atoms with Crippen molar-refractivity contribution in [3.63, 3.8) is 0 Å². The SMILES string of the molecule is Cc1ccccc1OCCSc1nnc(-c2cccnc2)n1Cc1ccccc1. The number of nitrogens with zero attached hydrogens (tertiary/aromatic N) is 4. The Bertz CT molecular complexity index is 1050. The summed E-state index contributed by atoms with van der Waals surface area (Å²) in [7, 11) is 0. The van der Waals surface area contributed by atoms with E-state index >= 15 is 0 Å². The van der Waals surface area contributed by atoms with Crippen LogP contribution in [0.15, 0.2) is 84.3 Å². The first-order valence-electron chi connectivity index (χ1n) is 9.50. The smallest absolute Gasteiger partial charge is 0.191 e. The molecule has 0 saturated heterocycles. The van der Waals surface area contributed by atoms with E-state index in [4.69, 9.17) is 4.74 Å². The maximum absolute atomic E-state index is 5.92. The molecule has 5 nitrogen and oxygen atoms in total. The highest BCUT2D eigenvalue weighted by atomic mass is 32.2. The van der Waals surface area contributed by atoms with Crippen molar-refractivity contribution in [3.8, 4) is 17.1 Å². The first-order chi connectivity index (χ1) is 14.3. The molecular formula is C23H22N4OS. The van der Waals surface area contributed by atoms with Gasteiger partial charge in [-0.15, -0.1) is 10.2 Å². The third kappa shape index (κ3) is 4.84. The van der Waals surface area contributed by atoms with Gasteiger partial charge in [-0.1, -0.05) is 60.3 Å². The van der Waals surface area contributed by atoms with Crippen molar-refractivity contribution in [3.05, 3.63) is 90.3 Å². The normalized spacial score (nSPS) is 10.8. The molecular weight excluding hydrogens is 380 g/mol. The largest absolute Gasteiger partial charge is 0.492 e. The van der Waals surface area contributed by atoms with Gasteiger partial charge in [0.25, 0.3) is 0 Å². The lowest BCUT2D eigenvalue weighted by atomic mass is 10.2. The lowest BCUT2D eigenvalue weighted by molar-refractivity contribution is 0.341. The Balaban J connectivity index is 1.50. The van der Waals surface area contributed by atoms with E-state index in [-0.39, 0.29) is 0 Å². The Morgan fingerprint density at radius 2 is 1.76 bits per heavy atom. The van der Waals surface area contributed by atoms with Crippen LogP contribution < -0.4 is 4.74 Å². The van der Waals surface area contributed by atoms with Crippen molar-refractivity contribution >= 4 is 11.8 Å². The van der Waals surface area contributed by atoms with E-state index in [0.717, 1.165) is 33.6 Å². The molecule has 2 heterocycles. The highest BCUT2D eigenvalue weighted by molar-refractivity contribution is 7.99. The molecule has 0 spiro atoms. The van der Waals surface area contributed by atoms with E-state index in [2.05, 4.69) is 44.9 Å². The van der Waals surface area contributed by atoms with Crippen LogP contribution in [0.1, 0.15) is 11.1 Å². The van der Waals surface area contributed by atoms with E-state index in [1.54, 1.807) is 18.0 Å². The van der Waals surface area contributed by atoms with Gasteiger partial charge in [-0.25, -0.2) is 0 Å². The molecule has 0 radical (unpaired) electrons. The predicted octanol–water partition coefficient (Wildman–Crippen LogP) is 4.87. The average molecular weight is 403 g/mol. The van der Waals surface area contributed by atoms with Crippen LogP contribution in [0.5, 0.6) is 5.75 Å².